The molecule has 0 spiro atoms. The molecule has 2 atom stereocenters. The summed E-state index contributed by atoms with van der Waals surface area (Å²) in [6.07, 6.45) is 0. The van der Waals surface area contributed by atoms with E-state index >= 15 is 0 Å². The predicted molar refractivity (Wildman–Crippen MR) is 69.1 cm³/mol. The quantitative estimate of drug-likeness (QED) is 0.838. The molecule has 0 bridgehead atoms. The van der Waals surface area contributed by atoms with Crippen LogP contribution in [0.3, 0.4) is 0 Å². The summed E-state index contributed by atoms with van der Waals surface area (Å²) < 4.78 is 1.03. The number of hydrogen-bond donors (Lipinski definition) is 2. The summed E-state index contributed by atoms with van der Waals surface area (Å²) in [7, 11) is 0. The molecule has 4 heteroatoms. The van der Waals surface area contributed by atoms with Crippen molar-refractivity contribution in [1.82, 2.24) is 0 Å². The van der Waals surface area contributed by atoms with Gasteiger partial charge in [-0.25, -0.2) is 0 Å². The standard InChI is InChI=1S/C11H16BrNOS/c1-7(6-14)15-9-3-4-10(8(2)13)11(12)5-9/h3-5,7-8,14H,6,13H2,1-2H3. The van der Waals surface area contributed by atoms with Crippen molar-refractivity contribution in [2.75, 3.05) is 6.61 Å². The molecule has 0 aliphatic carbocycles. The fraction of sp³-hybridized carbons (Fsp3) is 0.455. The first kappa shape index (κ1) is 13.0. The van der Waals surface area contributed by atoms with Crippen LogP contribution in [0.4, 0.5) is 0 Å². The zero-order valence-electron chi connectivity index (χ0n) is 8.90. The smallest absolute Gasteiger partial charge is 0.0550 e. The van der Waals surface area contributed by atoms with Gasteiger partial charge in [-0.1, -0.05) is 28.9 Å². The van der Waals surface area contributed by atoms with Crippen molar-refractivity contribution < 1.29 is 5.11 Å². The van der Waals surface area contributed by atoms with E-state index in [4.69, 9.17) is 10.8 Å². The lowest BCUT2D eigenvalue weighted by Gasteiger charge is -2.12. The van der Waals surface area contributed by atoms with Crippen molar-refractivity contribution in [3.63, 3.8) is 0 Å². The van der Waals surface area contributed by atoms with Crippen LogP contribution < -0.4 is 5.73 Å². The van der Waals surface area contributed by atoms with E-state index in [0.717, 1.165) is 14.9 Å². The number of hydrogen-bond acceptors (Lipinski definition) is 3. The molecule has 0 aromatic heterocycles. The normalized spacial score (nSPS) is 15.0. The third-order valence-corrected chi connectivity index (χ3v) is 3.82. The van der Waals surface area contributed by atoms with Gasteiger partial charge in [0, 0.05) is 20.7 Å². The van der Waals surface area contributed by atoms with Gasteiger partial charge in [0.05, 0.1) is 6.61 Å². The summed E-state index contributed by atoms with van der Waals surface area (Å²) in [5.74, 6) is 0. The molecule has 0 aliphatic rings. The molecule has 1 aromatic carbocycles. The molecule has 2 unspecified atom stereocenters. The van der Waals surface area contributed by atoms with Gasteiger partial charge in [0.1, 0.15) is 0 Å². The first-order valence-electron chi connectivity index (χ1n) is 4.87. The molecule has 0 saturated carbocycles. The first-order chi connectivity index (χ1) is 7.04. The van der Waals surface area contributed by atoms with Crippen molar-refractivity contribution in [3.05, 3.63) is 28.2 Å². The van der Waals surface area contributed by atoms with Gasteiger partial charge >= 0.3 is 0 Å². The zero-order valence-corrected chi connectivity index (χ0v) is 11.3. The second kappa shape index (κ2) is 5.89. The van der Waals surface area contributed by atoms with E-state index in [0.29, 0.717) is 0 Å². The third kappa shape index (κ3) is 3.79. The molecule has 15 heavy (non-hydrogen) atoms. The number of nitrogens with two attached hydrogens (primary N) is 1. The highest BCUT2D eigenvalue weighted by molar-refractivity contribution is 9.10. The Morgan fingerprint density at radius 1 is 1.47 bits per heavy atom. The Balaban J connectivity index is 2.82. The summed E-state index contributed by atoms with van der Waals surface area (Å²) in [5, 5.41) is 9.18. The fourth-order valence-electron chi connectivity index (χ4n) is 1.22. The van der Waals surface area contributed by atoms with Crippen LogP contribution in [0, 0.1) is 0 Å². The maximum Gasteiger partial charge on any atom is 0.0550 e. The number of halogens is 1. The number of thioether (sulfide) groups is 1. The highest BCUT2D eigenvalue weighted by atomic mass is 79.9. The van der Waals surface area contributed by atoms with E-state index in [2.05, 4.69) is 22.0 Å². The summed E-state index contributed by atoms with van der Waals surface area (Å²) in [6.45, 7) is 4.15. The number of aliphatic hydroxyl groups is 1. The van der Waals surface area contributed by atoms with E-state index in [9.17, 15) is 0 Å². The largest absolute Gasteiger partial charge is 0.395 e. The average molecular weight is 290 g/mol. The monoisotopic (exact) mass is 289 g/mol. The molecular formula is C11H16BrNOS. The Bertz CT molecular complexity index is 330. The van der Waals surface area contributed by atoms with Crippen LogP contribution in [0.1, 0.15) is 25.5 Å². The summed E-state index contributed by atoms with van der Waals surface area (Å²) in [5.41, 5.74) is 6.92. The van der Waals surface area contributed by atoms with Gasteiger partial charge in [0.2, 0.25) is 0 Å². The summed E-state index contributed by atoms with van der Waals surface area (Å²) in [4.78, 5) is 1.15. The van der Waals surface area contributed by atoms with Crippen LogP contribution >= 0.6 is 27.7 Å². The maximum absolute atomic E-state index is 8.96. The molecule has 0 amide bonds. The zero-order chi connectivity index (χ0) is 11.4. The van der Waals surface area contributed by atoms with Crippen LogP contribution in [0.2, 0.25) is 0 Å². The van der Waals surface area contributed by atoms with Crippen LogP contribution in [0.5, 0.6) is 0 Å². The summed E-state index contributed by atoms with van der Waals surface area (Å²) in [6, 6.07) is 6.16. The lowest BCUT2D eigenvalue weighted by molar-refractivity contribution is 0.300. The Kier molecular flexibility index (Phi) is 5.12. The lowest BCUT2D eigenvalue weighted by Crippen LogP contribution is -2.06. The van der Waals surface area contributed by atoms with Gasteiger partial charge in [0.15, 0.2) is 0 Å². The Morgan fingerprint density at radius 3 is 2.60 bits per heavy atom. The number of aliphatic hydroxyl groups excluding tert-OH is 1. The molecule has 84 valence electrons. The topological polar surface area (TPSA) is 46.2 Å². The average Bonchev–Trinajstić information content (AvgIpc) is 2.17. The van der Waals surface area contributed by atoms with E-state index in [-0.39, 0.29) is 17.9 Å². The highest BCUT2D eigenvalue weighted by Crippen LogP contribution is 2.29. The molecule has 0 radical (unpaired) electrons. The van der Waals surface area contributed by atoms with Gasteiger partial charge in [-0.2, -0.15) is 0 Å². The van der Waals surface area contributed by atoms with Gasteiger partial charge in [-0.05, 0) is 24.6 Å². The van der Waals surface area contributed by atoms with Crippen molar-refractivity contribution in [2.24, 2.45) is 5.73 Å². The van der Waals surface area contributed by atoms with Crippen LogP contribution in [0.25, 0.3) is 0 Å². The maximum atomic E-state index is 8.96. The van der Waals surface area contributed by atoms with Crippen LogP contribution in [0.15, 0.2) is 27.6 Å². The van der Waals surface area contributed by atoms with Crippen molar-refractivity contribution >= 4 is 27.7 Å². The second-order valence-electron chi connectivity index (χ2n) is 3.58. The highest BCUT2D eigenvalue weighted by Gasteiger charge is 2.08. The molecule has 0 fully saturated rings. The minimum absolute atomic E-state index is 0.0358. The second-order valence-corrected chi connectivity index (χ2v) is 5.95. The van der Waals surface area contributed by atoms with Gasteiger partial charge in [-0.15, -0.1) is 11.8 Å². The molecule has 0 aliphatic heterocycles. The Morgan fingerprint density at radius 2 is 2.13 bits per heavy atom. The summed E-state index contributed by atoms with van der Waals surface area (Å²) >= 11 is 5.16. The molecule has 3 N–H and O–H groups in total. The molecular weight excluding hydrogens is 274 g/mol. The van der Waals surface area contributed by atoms with Crippen LogP contribution in [-0.4, -0.2) is 17.0 Å². The Labute approximate surface area is 103 Å². The fourth-order valence-corrected chi connectivity index (χ4v) is 2.98. The Hall–Kier alpha value is -0.0300. The minimum atomic E-state index is 0.0358. The van der Waals surface area contributed by atoms with Gasteiger partial charge in [-0.3, -0.25) is 0 Å². The number of rotatable bonds is 4. The molecule has 1 rings (SSSR count). The van der Waals surface area contributed by atoms with E-state index in [1.54, 1.807) is 11.8 Å². The lowest BCUT2D eigenvalue weighted by atomic mass is 10.1. The third-order valence-electron chi connectivity index (χ3n) is 2.06. The van der Waals surface area contributed by atoms with Gasteiger partial charge in [0.25, 0.3) is 0 Å². The molecule has 0 saturated heterocycles. The van der Waals surface area contributed by atoms with Crippen molar-refractivity contribution in [3.8, 4) is 0 Å². The molecule has 1 aromatic rings. The van der Waals surface area contributed by atoms with Crippen molar-refractivity contribution in [1.29, 1.82) is 0 Å². The minimum Gasteiger partial charge on any atom is -0.395 e. The van der Waals surface area contributed by atoms with Crippen LogP contribution in [-0.2, 0) is 0 Å². The number of benzene rings is 1. The van der Waals surface area contributed by atoms with E-state index in [1.165, 1.54) is 0 Å². The van der Waals surface area contributed by atoms with E-state index in [1.807, 2.05) is 26.0 Å². The SMILES string of the molecule is CC(CO)Sc1ccc(C(C)N)c(Br)c1. The molecule has 2 nitrogen and oxygen atoms in total. The van der Waals surface area contributed by atoms with E-state index < -0.39 is 0 Å². The predicted octanol–water partition coefficient (Wildman–Crippen LogP) is 2.94. The molecule has 0 heterocycles. The van der Waals surface area contributed by atoms with Crippen molar-refractivity contribution in [2.45, 2.75) is 30.0 Å². The first-order valence-corrected chi connectivity index (χ1v) is 6.54. The van der Waals surface area contributed by atoms with Gasteiger partial charge < -0.3 is 10.8 Å².